The van der Waals surface area contributed by atoms with Gasteiger partial charge >= 0.3 is 5.97 Å². The highest BCUT2D eigenvalue weighted by molar-refractivity contribution is 5.87. The van der Waals surface area contributed by atoms with Crippen molar-refractivity contribution in [2.75, 3.05) is 0 Å². The Hall–Kier alpha value is -1.06. The van der Waals surface area contributed by atoms with Crippen LogP contribution in [-0.2, 0) is 9.59 Å². The number of carboxylic acid groups (broad SMARTS) is 1. The molecule has 0 aromatic rings. The fraction of sp³-hybridized carbons (Fsp3) is 0.867. The van der Waals surface area contributed by atoms with Crippen molar-refractivity contribution in [2.24, 2.45) is 11.8 Å². The van der Waals surface area contributed by atoms with Gasteiger partial charge in [-0.1, -0.05) is 46.0 Å². The van der Waals surface area contributed by atoms with Crippen molar-refractivity contribution in [1.29, 1.82) is 0 Å². The van der Waals surface area contributed by atoms with E-state index in [1.165, 1.54) is 25.7 Å². The van der Waals surface area contributed by atoms with Gasteiger partial charge in [0.2, 0.25) is 5.91 Å². The molecule has 1 saturated carbocycles. The summed E-state index contributed by atoms with van der Waals surface area (Å²) in [4.78, 5) is 23.5. The molecule has 2 N–H and O–H groups in total. The van der Waals surface area contributed by atoms with Crippen LogP contribution in [0.2, 0.25) is 0 Å². The predicted molar refractivity (Wildman–Crippen MR) is 74.8 cm³/mol. The number of carbonyl (C=O) groups excluding carboxylic acids is 1. The van der Waals surface area contributed by atoms with Gasteiger partial charge in [-0.25, -0.2) is 4.79 Å². The van der Waals surface area contributed by atoms with Gasteiger partial charge in [0.25, 0.3) is 0 Å². The number of hydrogen-bond acceptors (Lipinski definition) is 2. The third-order valence-corrected chi connectivity index (χ3v) is 4.23. The topological polar surface area (TPSA) is 66.4 Å². The summed E-state index contributed by atoms with van der Waals surface area (Å²) >= 11 is 0. The van der Waals surface area contributed by atoms with Crippen LogP contribution >= 0.6 is 0 Å². The molecule has 1 aliphatic carbocycles. The van der Waals surface area contributed by atoms with E-state index < -0.39 is 11.5 Å². The molecule has 0 heterocycles. The second-order valence-electron chi connectivity index (χ2n) is 6.16. The van der Waals surface area contributed by atoms with Gasteiger partial charge < -0.3 is 10.4 Å². The number of hydrogen-bond donors (Lipinski definition) is 2. The van der Waals surface area contributed by atoms with Crippen LogP contribution < -0.4 is 5.32 Å². The van der Waals surface area contributed by atoms with E-state index in [1.807, 2.05) is 13.8 Å². The second-order valence-corrected chi connectivity index (χ2v) is 6.16. The summed E-state index contributed by atoms with van der Waals surface area (Å²) in [7, 11) is 0. The van der Waals surface area contributed by atoms with Gasteiger partial charge in [-0.15, -0.1) is 0 Å². The zero-order chi connectivity index (χ0) is 14.5. The van der Waals surface area contributed by atoms with Crippen LogP contribution in [0, 0.1) is 11.8 Å². The Bertz CT molecular complexity index is 323. The Labute approximate surface area is 116 Å². The SMILES string of the molecule is CCCC(C)(NC(=O)C(C)CC1CCCC1)C(=O)O. The van der Waals surface area contributed by atoms with E-state index in [2.05, 4.69) is 5.32 Å². The first-order valence-electron chi connectivity index (χ1n) is 7.44. The van der Waals surface area contributed by atoms with Gasteiger partial charge in [0.15, 0.2) is 0 Å². The summed E-state index contributed by atoms with van der Waals surface area (Å²) in [6.45, 7) is 5.43. The van der Waals surface area contributed by atoms with Crippen molar-refractivity contribution in [3.8, 4) is 0 Å². The lowest BCUT2D eigenvalue weighted by molar-refractivity contribution is -0.147. The molecule has 0 spiro atoms. The van der Waals surface area contributed by atoms with Crippen LogP contribution in [0.3, 0.4) is 0 Å². The lowest BCUT2D eigenvalue weighted by atomic mass is 9.91. The van der Waals surface area contributed by atoms with Gasteiger partial charge in [0, 0.05) is 5.92 Å². The molecule has 4 nitrogen and oxygen atoms in total. The maximum absolute atomic E-state index is 12.2. The van der Waals surface area contributed by atoms with Crippen molar-refractivity contribution >= 4 is 11.9 Å². The Kier molecular flexibility index (Phi) is 5.83. The van der Waals surface area contributed by atoms with Crippen molar-refractivity contribution in [1.82, 2.24) is 5.32 Å². The van der Waals surface area contributed by atoms with Gasteiger partial charge in [0.05, 0.1) is 0 Å². The van der Waals surface area contributed by atoms with Gasteiger partial charge in [-0.2, -0.15) is 0 Å². The molecular formula is C15H27NO3. The summed E-state index contributed by atoms with van der Waals surface area (Å²) in [5, 5.41) is 12.0. The van der Waals surface area contributed by atoms with Crippen molar-refractivity contribution in [2.45, 2.75) is 71.3 Å². The molecule has 1 aliphatic rings. The van der Waals surface area contributed by atoms with Crippen LogP contribution in [0.4, 0.5) is 0 Å². The molecule has 0 aliphatic heterocycles. The normalized spacial score (nSPS) is 20.8. The van der Waals surface area contributed by atoms with Crippen LogP contribution in [0.1, 0.15) is 65.7 Å². The summed E-state index contributed by atoms with van der Waals surface area (Å²) in [6.07, 6.45) is 7.03. The number of carboxylic acids is 1. The largest absolute Gasteiger partial charge is 0.480 e. The Morgan fingerprint density at radius 3 is 2.42 bits per heavy atom. The third kappa shape index (κ3) is 4.51. The smallest absolute Gasteiger partial charge is 0.329 e. The molecule has 2 unspecified atom stereocenters. The Morgan fingerprint density at radius 2 is 1.95 bits per heavy atom. The summed E-state index contributed by atoms with van der Waals surface area (Å²) in [6, 6.07) is 0. The van der Waals surface area contributed by atoms with Crippen molar-refractivity contribution in [3.05, 3.63) is 0 Å². The number of rotatable bonds is 7. The van der Waals surface area contributed by atoms with Crippen LogP contribution in [0.15, 0.2) is 0 Å². The van der Waals surface area contributed by atoms with Crippen molar-refractivity contribution in [3.63, 3.8) is 0 Å². The zero-order valence-electron chi connectivity index (χ0n) is 12.4. The maximum atomic E-state index is 12.2. The molecule has 110 valence electrons. The first-order valence-corrected chi connectivity index (χ1v) is 7.44. The van der Waals surface area contributed by atoms with Gasteiger partial charge in [0.1, 0.15) is 5.54 Å². The number of nitrogens with one attached hydrogen (secondary N) is 1. The first-order chi connectivity index (χ1) is 8.89. The zero-order valence-corrected chi connectivity index (χ0v) is 12.4. The maximum Gasteiger partial charge on any atom is 0.329 e. The minimum Gasteiger partial charge on any atom is -0.480 e. The minimum absolute atomic E-state index is 0.0985. The molecule has 2 atom stereocenters. The second kappa shape index (κ2) is 6.92. The average molecular weight is 269 g/mol. The molecule has 0 aromatic heterocycles. The highest BCUT2D eigenvalue weighted by Gasteiger charge is 2.35. The molecule has 1 rings (SSSR count). The first kappa shape index (κ1) is 16.0. The molecule has 0 radical (unpaired) electrons. The summed E-state index contributed by atoms with van der Waals surface area (Å²) in [5.41, 5.74) is -1.13. The standard InChI is InChI=1S/C15H27NO3/c1-4-9-15(3,14(18)19)16-13(17)11(2)10-12-7-5-6-8-12/h11-12H,4-10H2,1-3H3,(H,16,17)(H,18,19). The van der Waals surface area contributed by atoms with E-state index in [9.17, 15) is 14.7 Å². The predicted octanol–water partition coefficient (Wildman–Crippen LogP) is 2.96. The quantitative estimate of drug-likeness (QED) is 0.746. The van der Waals surface area contributed by atoms with E-state index in [-0.39, 0.29) is 11.8 Å². The van der Waals surface area contributed by atoms with Gasteiger partial charge in [-0.05, 0) is 25.7 Å². The van der Waals surface area contributed by atoms with E-state index in [4.69, 9.17) is 0 Å². The summed E-state index contributed by atoms with van der Waals surface area (Å²) < 4.78 is 0. The highest BCUT2D eigenvalue weighted by atomic mass is 16.4. The van der Waals surface area contributed by atoms with Crippen LogP contribution in [0.25, 0.3) is 0 Å². The average Bonchev–Trinajstić information content (AvgIpc) is 2.81. The van der Waals surface area contributed by atoms with E-state index >= 15 is 0 Å². The minimum atomic E-state index is -1.13. The fourth-order valence-electron chi connectivity index (χ4n) is 2.97. The van der Waals surface area contributed by atoms with Crippen LogP contribution in [0.5, 0.6) is 0 Å². The number of amides is 1. The lowest BCUT2D eigenvalue weighted by Gasteiger charge is -2.28. The Balaban J connectivity index is 2.53. The molecular weight excluding hydrogens is 242 g/mol. The van der Waals surface area contributed by atoms with Crippen molar-refractivity contribution < 1.29 is 14.7 Å². The highest BCUT2D eigenvalue weighted by Crippen LogP contribution is 2.30. The monoisotopic (exact) mass is 269 g/mol. The molecule has 0 bridgehead atoms. The Morgan fingerprint density at radius 1 is 1.37 bits per heavy atom. The molecule has 1 amide bonds. The third-order valence-electron chi connectivity index (χ3n) is 4.23. The lowest BCUT2D eigenvalue weighted by Crippen LogP contribution is -2.53. The number of aliphatic carboxylic acids is 1. The van der Waals surface area contributed by atoms with E-state index in [0.29, 0.717) is 12.3 Å². The van der Waals surface area contributed by atoms with E-state index in [0.717, 1.165) is 12.8 Å². The molecule has 4 heteroatoms. The van der Waals surface area contributed by atoms with Gasteiger partial charge in [-0.3, -0.25) is 4.79 Å². The fourth-order valence-corrected chi connectivity index (χ4v) is 2.97. The molecule has 0 saturated heterocycles. The molecule has 1 fully saturated rings. The molecule has 19 heavy (non-hydrogen) atoms. The summed E-state index contributed by atoms with van der Waals surface area (Å²) in [5.74, 6) is -0.525. The van der Waals surface area contributed by atoms with E-state index in [1.54, 1.807) is 6.92 Å². The van der Waals surface area contributed by atoms with Crippen LogP contribution in [-0.4, -0.2) is 22.5 Å². The number of carbonyl (C=O) groups is 2. The molecule has 0 aromatic carbocycles.